The standard InChI is InChI=1S/C23H36N6.HI/c1-5-21-20(22(6-2)28(4)27-21)17-25-23(24-7-3)26-18-13-15-29(16-14-18)19-11-9-8-10-12-19;/h8-12,18H,5-7,13-17H2,1-4H3,(H2,24,25,26);1H. The van der Waals surface area contributed by atoms with Crippen molar-refractivity contribution in [3.05, 3.63) is 47.3 Å². The predicted octanol–water partition coefficient (Wildman–Crippen LogP) is 3.89. The second-order valence-corrected chi connectivity index (χ2v) is 7.64. The number of halogens is 1. The molecule has 0 bridgehead atoms. The zero-order valence-corrected chi connectivity index (χ0v) is 21.1. The lowest BCUT2D eigenvalue weighted by Crippen LogP contribution is -2.48. The topological polar surface area (TPSA) is 57.5 Å². The number of para-hydroxylation sites is 1. The number of guanidine groups is 1. The first kappa shape index (κ1) is 24.5. The molecular formula is C23H37IN6. The molecule has 1 aromatic carbocycles. The monoisotopic (exact) mass is 524 g/mol. The SMILES string of the molecule is CCNC(=NCc1c(CC)nn(C)c1CC)NC1CCN(c2ccccc2)CC1.I. The first-order chi connectivity index (χ1) is 14.2. The fourth-order valence-corrected chi connectivity index (χ4v) is 4.16. The van der Waals surface area contributed by atoms with Crippen LogP contribution in [0.2, 0.25) is 0 Å². The molecule has 1 fully saturated rings. The number of nitrogens with one attached hydrogen (secondary N) is 2. The number of hydrogen-bond acceptors (Lipinski definition) is 3. The molecule has 1 aliphatic heterocycles. The van der Waals surface area contributed by atoms with Gasteiger partial charge in [-0.05, 0) is 44.7 Å². The number of piperidine rings is 1. The van der Waals surface area contributed by atoms with E-state index in [4.69, 9.17) is 4.99 Å². The van der Waals surface area contributed by atoms with Gasteiger partial charge in [0.05, 0.1) is 12.2 Å². The number of benzene rings is 1. The number of rotatable bonds is 7. The summed E-state index contributed by atoms with van der Waals surface area (Å²) in [5, 5.41) is 11.8. The number of aryl methyl sites for hydroxylation is 2. The van der Waals surface area contributed by atoms with E-state index in [9.17, 15) is 0 Å². The molecule has 0 radical (unpaired) electrons. The Balaban J connectivity index is 0.00000320. The molecule has 0 saturated carbocycles. The molecule has 3 rings (SSSR count). The number of aliphatic imine (C=N–C) groups is 1. The Morgan fingerprint density at radius 3 is 2.40 bits per heavy atom. The second kappa shape index (κ2) is 12.2. The number of nitrogens with zero attached hydrogens (tertiary/aromatic N) is 4. The summed E-state index contributed by atoms with van der Waals surface area (Å²) in [5.74, 6) is 0.915. The van der Waals surface area contributed by atoms with Crippen molar-refractivity contribution in [2.75, 3.05) is 24.5 Å². The second-order valence-electron chi connectivity index (χ2n) is 7.64. The highest BCUT2D eigenvalue weighted by Crippen LogP contribution is 2.20. The molecule has 7 heteroatoms. The average molecular weight is 524 g/mol. The summed E-state index contributed by atoms with van der Waals surface area (Å²) in [6, 6.07) is 11.2. The van der Waals surface area contributed by atoms with E-state index in [0.717, 1.165) is 51.3 Å². The van der Waals surface area contributed by atoms with Crippen LogP contribution >= 0.6 is 24.0 Å². The Kier molecular flexibility index (Phi) is 9.94. The Morgan fingerprint density at radius 2 is 1.80 bits per heavy atom. The Hall–Kier alpha value is -1.77. The molecule has 30 heavy (non-hydrogen) atoms. The normalized spacial score (nSPS) is 15.1. The highest BCUT2D eigenvalue weighted by molar-refractivity contribution is 14.0. The Labute approximate surface area is 198 Å². The summed E-state index contributed by atoms with van der Waals surface area (Å²) in [4.78, 5) is 7.38. The number of aromatic nitrogens is 2. The smallest absolute Gasteiger partial charge is 0.191 e. The molecule has 1 aliphatic rings. The highest BCUT2D eigenvalue weighted by atomic mass is 127. The lowest BCUT2D eigenvalue weighted by molar-refractivity contribution is 0.461. The molecule has 0 amide bonds. The van der Waals surface area contributed by atoms with Gasteiger partial charge in [0.15, 0.2) is 5.96 Å². The van der Waals surface area contributed by atoms with Gasteiger partial charge in [-0.15, -0.1) is 24.0 Å². The molecule has 166 valence electrons. The summed E-state index contributed by atoms with van der Waals surface area (Å²) < 4.78 is 2.02. The van der Waals surface area contributed by atoms with E-state index in [0.29, 0.717) is 12.6 Å². The molecule has 1 aromatic heterocycles. The van der Waals surface area contributed by atoms with Gasteiger partial charge in [-0.1, -0.05) is 32.0 Å². The minimum Gasteiger partial charge on any atom is -0.371 e. The molecular weight excluding hydrogens is 487 g/mol. The molecule has 0 spiro atoms. The lowest BCUT2D eigenvalue weighted by Gasteiger charge is -2.34. The summed E-state index contributed by atoms with van der Waals surface area (Å²) in [6.45, 7) is 10.2. The molecule has 2 N–H and O–H groups in total. The van der Waals surface area contributed by atoms with Crippen molar-refractivity contribution in [3.8, 4) is 0 Å². The molecule has 0 aliphatic carbocycles. The third kappa shape index (κ3) is 6.12. The van der Waals surface area contributed by atoms with Crippen LogP contribution in [0.1, 0.15) is 50.6 Å². The van der Waals surface area contributed by atoms with Crippen molar-refractivity contribution in [2.45, 2.75) is 59.0 Å². The van der Waals surface area contributed by atoms with Crippen molar-refractivity contribution in [2.24, 2.45) is 12.0 Å². The zero-order valence-electron chi connectivity index (χ0n) is 18.8. The van der Waals surface area contributed by atoms with E-state index in [-0.39, 0.29) is 24.0 Å². The minimum absolute atomic E-state index is 0. The molecule has 2 aromatic rings. The van der Waals surface area contributed by atoms with Crippen molar-refractivity contribution < 1.29 is 0 Å². The maximum atomic E-state index is 4.91. The van der Waals surface area contributed by atoms with E-state index >= 15 is 0 Å². The minimum atomic E-state index is 0. The third-order valence-corrected chi connectivity index (χ3v) is 5.72. The molecule has 0 unspecified atom stereocenters. The molecule has 2 heterocycles. The first-order valence-corrected chi connectivity index (χ1v) is 11.0. The fraction of sp³-hybridized carbons (Fsp3) is 0.565. The highest BCUT2D eigenvalue weighted by Gasteiger charge is 2.20. The van der Waals surface area contributed by atoms with Gasteiger partial charge in [-0.25, -0.2) is 4.99 Å². The summed E-state index contributed by atoms with van der Waals surface area (Å²) in [5.41, 5.74) is 5.06. The van der Waals surface area contributed by atoms with Gasteiger partial charge in [-0.2, -0.15) is 5.10 Å². The maximum absolute atomic E-state index is 4.91. The van der Waals surface area contributed by atoms with Crippen LogP contribution in [0.3, 0.4) is 0 Å². The quantitative estimate of drug-likeness (QED) is 0.328. The maximum Gasteiger partial charge on any atom is 0.191 e. The van der Waals surface area contributed by atoms with Crippen LogP contribution in [0.25, 0.3) is 0 Å². The van der Waals surface area contributed by atoms with Gasteiger partial charge < -0.3 is 15.5 Å². The van der Waals surface area contributed by atoms with Crippen molar-refractivity contribution >= 4 is 35.6 Å². The van der Waals surface area contributed by atoms with Crippen molar-refractivity contribution in [1.29, 1.82) is 0 Å². The van der Waals surface area contributed by atoms with E-state index in [1.807, 2.05) is 11.7 Å². The zero-order chi connectivity index (χ0) is 20.6. The molecule has 1 saturated heterocycles. The van der Waals surface area contributed by atoms with Crippen molar-refractivity contribution in [3.63, 3.8) is 0 Å². The van der Waals surface area contributed by atoms with E-state index in [1.165, 1.54) is 22.6 Å². The van der Waals surface area contributed by atoms with Crippen molar-refractivity contribution in [1.82, 2.24) is 20.4 Å². The van der Waals surface area contributed by atoms with Crippen LogP contribution in [0.4, 0.5) is 5.69 Å². The summed E-state index contributed by atoms with van der Waals surface area (Å²) in [6.07, 6.45) is 4.16. The molecule has 6 nitrogen and oxygen atoms in total. The van der Waals surface area contributed by atoms with Crippen LogP contribution in [0, 0.1) is 0 Å². The number of hydrogen-bond donors (Lipinski definition) is 2. The summed E-state index contributed by atoms with van der Waals surface area (Å²) >= 11 is 0. The van der Waals surface area contributed by atoms with Crippen LogP contribution in [-0.2, 0) is 26.4 Å². The lowest BCUT2D eigenvalue weighted by atomic mass is 10.0. The van der Waals surface area contributed by atoms with Crippen LogP contribution in [-0.4, -0.2) is 41.4 Å². The Morgan fingerprint density at radius 1 is 1.10 bits per heavy atom. The molecule has 0 atom stereocenters. The first-order valence-electron chi connectivity index (χ1n) is 11.0. The van der Waals surface area contributed by atoms with E-state index in [1.54, 1.807) is 0 Å². The Bertz CT molecular complexity index is 794. The fourth-order valence-electron chi connectivity index (χ4n) is 4.16. The third-order valence-electron chi connectivity index (χ3n) is 5.72. The van der Waals surface area contributed by atoms with E-state index in [2.05, 4.69) is 71.7 Å². The van der Waals surface area contributed by atoms with Gasteiger partial charge in [0.1, 0.15) is 0 Å². The average Bonchev–Trinajstić information content (AvgIpc) is 3.07. The number of anilines is 1. The van der Waals surface area contributed by atoms with Gasteiger partial charge in [0.2, 0.25) is 0 Å². The summed E-state index contributed by atoms with van der Waals surface area (Å²) in [7, 11) is 2.04. The van der Waals surface area contributed by atoms with Crippen LogP contribution in [0.15, 0.2) is 35.3 Å². The largest absolute Gasteiger partial charge is 0.371 e. The van der Waals surface area contributed by atoms with Crippen LogP contribution < -0.4 is 15.5 Å². The van der Waals surface area contributed by atoms with Gasteiger partial charge in [-0.3, -0.25) is 4.68 Å². The van der Waals surface area contributed by atoms with E-state index < -0.39 is 0 Å². The van der Waals surface area contributed by atoms with Gasteiger partial charge in [0.25, 0.3) is 0 Å². The van der Waals surface area contributed by atoms with Gasteiger partial charge >= 0.3 is 0 Å². The predicted molar refractivity (Wildman–Crippen MR) is 137 cm³/mol. The van der Waals surface area contributed by atoms with Crippen LogP contribution in [0.5, 0.6) is 0 Å². The van der Waals surface area contributed by atoms with Gasteiger partial charge in [0, 0.05) is 49.7 Å².